The van der Waals surface area contributed by atoms with Gasteiger partial charge in [-0.1, -0.05) is 32.3 Å². The fourth-order valence-electron chi connectivity index (χ4n) is 10.3. The van der Waals surface area contributed by atoms with E-state index in [-0.39, 0.29) is 5.56 Å². The number of aliphatic hydroxyl groups excluding tert-OH is 12. The predicted molar refractivity (Wildman–Crippen MR) is 298 cm³/mol. The smallest absolute Gasteiger partial charge is 0.251 e. The second-order valence-corrected chi connectivity index (χ2v) is 21.7. The van der Waals surface area contributed by atoms with Crippen LogP contribution in [-0.4, -0.2) is 278 Å². The molecule has 4 aliphatic heterocycles. The molecular weight excluding hydrogens is 1170 g/mol. The summed E-state index contributed by atoms with van der Waals surface area (Å²) < 4.78 is 59.4. The van der Waals surface area contributed by atoms with E-state index in [1.54, 1.807) is 12.1 Å². The van der Waals surface area contributed by atoms with Crippen LogP contribution in [0.1, 0.15) is 96.8 Å². The third-order valence-electron chi connectivity index (χ3n) is 14.8. The van der Waals surface area contributed by atoms with Gasteiger partial charge in [0.05, 0.1) is 45.7 Å². The van der Waals surface area contributed by atoms with Gasteiger partial charge in [-0.25, -0.2) is 0 Å². The van der Waals surface area contributed by atoms with E-state index in [1.807, 2.05) is 0 Å². The number of hydrogen-bond donors (Lipinski definition) is 17. The van der Waals surface area contributed by atoms with Gasteiger partial charge < -0.3 is 135 Å². The predicted octanol–water partition coefficient (Wildman–Crippen LogP) is -6.18. The summed E-state index contributed by atoms with van der Waals surface area (Å²) in [7, 11) is 0. The number of carbonyl (C=O) groups excluding carboxylic acids is 5. The molecule has 5 rings (SSSR count). The van der Waals surface area contributed by atoms with Crippen LogP contribution in [0.2, 0.25) is 0 Å². The summed E-state index contributed by atoms with van der Waals surface area (Å²) in [6.07, 6.45) is -29.3. The van der Waals surface area contributed by atoms with E-state index in [2.05, 4.69) is 45.3 Å². The second kappa shape index (κ2) is 36.2. The Hall–Kier alpha value is -4.91. The Morgan fingerprint density at radius 3 is 1.66 bits per heavy atom. The summed E-state index contributed by atoms with van der Waals surface area (Å²) >= 11 is 0. The Bertz CT molecular complexity index is 2410. The maximum Gasteiger partial charge on any atom is 0.251 e. The zero-order valence-corrected chi connectivity index (χ0v) is 49.8. The zero-order valence-electron chi connectivity index (χ0n) is 49.8. The lowest BCUT2D eigenvalue weighted by atomic mass is 9.94. The van der Waals surface area contributed by atoms with Gasteiger partial charge >= 0.3 is 0 Å². The van der Waals surface area contributed by atoms with Crippen LogP contribution in [0.4, 0.5) is 0 Å². The van der Waals surface area contributed by atoms with E-state index in [9.17, 15) is 85.3 Å². The summed E-state index contributed by atoms with van der Waals surface area (Å²) in [4.78, 5) is 63.5. The third kappa shape index (κ3) is 20.6. The Labute approximate surface area is 508 Å². The average Bonchev–Trinajstić information content (AvgIpc) is 1.12. The van der Waals surface area contributed by atoms with Crippen LogP contribution in [0.25, 0.3) is 0 Å². The van der Waals surface area contributed by atoms with Crippen LogP contribution in [0.3, 0.4) is 0 Å². The first kappa shape index (κ1) is 73.8. The molecule has 0 aromatic heterocycles. The van der Waals surface area contributed by atoms with Gasteiger partial charge in [-0.3, -0.25) is 24.0 Å². The summed E-state index contributed by atoms with van der Waals surface area (Å²) in [6, 6.07) is -0.435. The van der Waals surface area contributed by atoms with Crippen molar-refractivity contribution in [3.8, 4) is 17.6 Å². The molecule has 500 valence electrons. The van der Waals surface area contributed by atoms with Gasteiger partial charge in [-0.2, -0.15) is 0 Å². The van der Waals surface area contributed by atoms with Gasteiger partial charge in [0.25, 0.3) is 5.91 Å². The molecule has 0 aliphatic carbocycles. The van der Waals surface area contributed by atoms with E-state index in [0.29, 0.717) is 25.2 Å². The van der Waals surface area contributed by atoms with Crippen LogP contribution in [0, 0.1) is 11.8 Å². The van der Waals surface area contributed by atoms with Crippen molar-refractivity contribution >= 4 is 29.5 Å². The van der Waals surface area contributed by atoms with E-state index < -0.39 is 210 Å². The molecule has 4 saturated heterocycles. The Morgan fingerprint density at radius 1 is 0.580 bits per heavy atom. The monoisotopic (exact) mass is 1260 g/mol. The molecular formula is C56H89N5O27. The summed E-state index contributed by atoms with van der Waals surface area (Å²) in [5.74, 6) is 2.70. The molecule has 5 amide bonds. The van der Waals surface area contributed by atoms with E-state index in [1.165, 1.54) is 25.5 Å². The highest BCUT2D eigenvalue weighted by Gasteiger charge is 2.55. The van der Waals surface area contributed by atoms with Crippen molar-refractivity contribution < 1.29 is 133 Å². The number of aliphatic hydroxyl groups is 12. The number of hydrogen-bond acceptors (Lipinski definition) is 27. The van der Waals surface area contributed by atoms with E-state index >= 15 is 0 Å². The maximum absolute atomic E-state index is 13.9. The number of nitrogens with one attached hydrogen (secondary N) is 5. The van der Waals surface area contributed by atoms with Crippen LogP contribution < -0.4 is 31.3 Å². The molecule has 0 saturated carbocycles. The molecule has 0 bridgehead atoms. The fourth-order valence-corrected chi connectivity index (χ4v) is 10.3. The van der Waals surface area contributed by atoms with E-state index in [0.717, 1.165) is 53.4 Å². The van der Waals surface area contributed by atoms with Crippen molar-refractivity contribution in [3.05, 3.63) is 29.8 Å². The van der Waals surface area contributed by atoms with Crippen molar-refractivity contribution in [2.45, 2.75) is 234 Å². The fraction of sp³-hybridized carbons (Fsp3) is 0.768. The van der Waals surface area contributed by atoms with Crippen molar-refractivity contribution in [1.29, 1.82) is 0 Å². The van der Waals surface area contributed by atoms with Gasteiger partial charge in [0, 0.05) is 46.1 Å². The molecule has 1 aromatic carbocycles. The standard InChI is InChI=1S/C56H89N5O27/c1-7-8-9-10-11-12-13-14-15-19-79-32-18-16-17-31(20-32)50(76)61-39-43(72)42(71)34(22-63)83-54(39)87-48-36(24-65)84-53(40(45(48)74)58-28(4)68)80-26(2)33(21-62)82-56(51(77)60-30(6)70)88-49-37(25-66)85-55(41(46(49)75)59-29(5)69)86-47-35(23-64)81-52(78)38(44(47)73)57-27(3)67/h16-18,20,26,33-49,51-56,62-66,71-75,77-78H,7-11,14-15,19,21-25H2,1-6H3,(H,57,67)(H,58,68)(H,59,69)(H,60,70)(H,61,76)/t26?,33?,34?,35?,36-,37-,38-,39-,40?,41?,42+,43+,44+,45?,46?,47?,48+,49+,51?,52?,53+,54?,55?,56-/m0/s1. The number of carbonyl (C=O) groups is 5. The maximum atomic E-state index is 13.9. The highest BCUT2D eigenvalue weighted by Crippen LogP contribution is 2.34. The lowest BCUT2D eigenvalue weighted by Gasteiger charge is -2.49. The van der Waals surface area contributed by atoms with Crippen molar-refractivity contribution in [2.24, 2.45) is 0 Å². The quantitative estimate of drug-likeness (QED) is 0.0187. The summed E-state index contributed by atoms with van der Waals surface area (Å²) in [6.45, 7) is 3.19. The minimum absolute atomic E-state index is 0.0511. The normalized spacial score (nSPS) is 33.7. The van der Waals surface area contributed by atoms with Crippen molar-refractivity contribution in [3.63, 3.8) is 0 Å². The minimum Gasteiger partial charge on any atom is -0.494 e. The Morgan fingerprint density at radius 2 is 1.09 bits per heavy atom. The average molecular weight is 1260 g/mol. The topological polar surface area (TPSA) is 481 Å². The molecule has 24 atom stereocenters. The first-order chi connectivity index (χ1) is 41.9. The number of rotatable bonds is 31. The molecule has 0 radical (unpaired) electrons. The molecule has 13 unspecified atom stereocenters. The first-order valence-corrected chi connectivity index (χ1v) is 29.2. The highest BCUT2D eigenvalue weighted by molar-refractivity contribution is 5.94. The molecule has 17 N–H and O–H groups in total. The number of amides is 5. The first-order valence-electron chi connectivity index (χ1n) is 29.2. The van der Waals surface area contributed by atoms with E-state index in [4.69, 9.17) is 47.4 Å². The molecule has 4 aliphatic rings. The summed E-state index contributed by atoms with van der Waals surface area (Å²) in [5.41, 5.74) is 0.0511. The van der Waals surface area contributed by atoms with Crippen molar-refractivity contribution in [1.82, 2.24) is 26.6 Å². The van der Waals surface area contributed by atoms with Gasteiger partial charge in [0.1, 0.15) is 109 Å². The molecule has 32 nitrogen and oxygen atoms in total. The lowest BCUT2D eigenvalue weighted by molar-refractivity contribution is -0.353. The number of benzene rings is 1. The highest BCUT2D eigenvalue weighted by atomic mass is 16.8. The van der Waals surface area contributed by atoms with Crippen LogP contribution in [-0.2, 0) is 61.8 Å². The van der Waals surface area contributed by atoms with Gasteiger partial charge in [-0.05, 0) is 38.0 Å². The minimum atomic E-state index is -2.18. The van der Waals surface area contributed by atoms with Crippen LogP contribution in [0.5, 0.6) is 5.75 Å². The van der Waals surface area contributed by atoms with Gasteiger partial charge in [0.15, 0.2) is 31.4 Å². The molecule has 4 heterocycles. The Balaban J connectivity index is 1.33. The van der Waals surface area contributed by atoms with Gasteiger partial charge in [-0.15, -0.1) is 11.8 Å². The van der Waals surface area contributed by atoms with Crippen LogP contribution in [0.15, 0.2) is 24.3 Å². The number of unbranched alkanes of at least 4 members (excludes halogenated alkanes) is 5. The summed E-state index contributed by atoms with van der Waals surface area (Å²) in [5, 5.41) is 144. The molecule has 32 heteroatoms. The SMILES string of the molecule is CCCCCCC#CCCCOc1cccc(C(=O)N[C@@H]2C(O[C@H]3C(O)C(NC(C)=O)[C@H](OC(C)C(CO)O[C@@H](O[C@H]4C(O)C(NC(C)=O)C(OC5C(CO)OC(O)[C@@H](NC(C)=O)[C@H]5O)O[C@H]4CO)C(O)NC(C)=O)O[C@H]3CO)OC(CO)[C@@H](O)[C@@H]2O)c1. The van der Waals surface area contributed by atoms with Crippen LogP contribution >= 0.6 is 0 Å². The molecule has 88 heavy (non-hydrogen) atoms. The Kier molecular flexibility index (Phi) is 30.4. The largest absolute Gasteiger partial charge is 0.494 e. The molecule has 4 fully saturated rings. The zero-order chi connectivity index (χ0) is 64.9. The second-order valence-electron chi connectivity index (χ2n) is 21.7. The molecule has 0 spiro atoms. The van der Waals surface area contributed by atoms with Crippen molar-refractivity contribution in [2.75, 3.05) is 39.6 Å². The third-order valence-corrected chi connectivity index (χ3v) is 14.8. The molecule has 1 aromatic rings. The van der Waals surface area contributed by atoms with Gasteiger partial charge in [0.2, 0.25) is 29.9 Å². The lowest BCUT2D eigenvalue weighted by Crippen LogP contribution is -2.70. The number of ether oxygens (including phenoxy) is 10.